The second kappa shape index (κ2) is 7.26. The highest BCUT2D eigenvalue weighted by Crippen LogP contribution is 2.40. The van der Waals surface area contributed by atoms with Crippen LogP contribution in [0.2, 0.25) is 0 Å². The van der Waals surface area contributed by atoms with Gasteiger partial charge in [-0.1, -0.05) is 19.8 Å². The number of anilines is 2. The average Bonchev–Trinajstić information content (AvgIpc) is 3.38. The number of carboxylic acids is 1. The predicted molar refractivity (Wildman–Crippen MR) is 109 cm³/mol. The van der Waals surface area contributed by atoms with Crippen molar-refractivity contribution in [3.8, 4) is 5.95 Å². The first kappa shape index (κ1) is 19.0. The summed E-state index contributed by atoms with van der Waals surface area (Å²) in [4.78, 5) is 24.0. The molecule has 1 aliphatic heterocycles. The van der Waals surface area contributed by atoms with Crippen molar-refractivity contribution in [1.82, 2.24) is 19.7 Å². The van der Waals surface area contributed by atoms with E-state index in [1.165, 1.54) is 16.9 Å². The molecule has 29 heavy (non-hydrogen) atoms. The lowest BCUT2D eigenvalue weighted by Crippen LogP contribution is -2.57. The smallest absolute Gasteiger partial charge is 0.356 e. The molecule has 2 aromatic rings. The van der Waals surface area contributed by atoms with E-state index in [2.05, 4.69) is 15.0 Å². The van der Waals surface area contributed by atoms with Gasteiger partial charge >= 0.3 is 5.97 Å². The summed E-state index contributed by atoms with van der Waals surface area (Å²) in [6, 6.07) is 1.50. The number of fused-ring (bicyclic) bond motifs is 1. The largest absolute Gasteiger partial charge is 0.476 e. The van der Waals surface area contributed by atoms with Crippen LogP contribution >= 0.6 is 0 Å². The molecular formula is C19H24N8O2. The van der Waals surface area contributed by atoms with Crippen molar-refractivity contribution >= 4 is 29.1 Å². The van der Waals surface area contributed by atoms with Gasteiger partial charge in [-0.25, -0.2) is 14.5 Å². The standard InChI is InChI=1S/C19H24N8O2/c1-3-14-16(21)26(11(2)20)15-10-22-19(25-9-8-13(24-25)18(28)29)23-17(15)27(14)12-6-4-5-7-12/h8-10,12,14,20-21H,3-7H2,1-2H3,(H,28,29)/t14-/m1/s1. The summed E-state index contributed by atoms with van der Waals surface area (Å²) in [6.45, 7) is 3.69. The molecule has 4 rings (SSSR count). The van der Waals surface area contributed by atoms with E-state index >= 15 is 0 Å². The highest BCUT2D eigenvalue weighted by atomic mass is 16.4. The van der Waals surface area contributed by atoms with Crippen molar-refractivity contribution in [2.24, 2.45) is 0 Å². The van der Waals surface area contributed by atoms with Crippen LogP contribution in [0, 0.1) is 10.8 Å². The Morgan fingerprint density at radius 1 is 1.34 bits per heavy atom. The summed E-state index contributed by atoms with van der Waals surface area (Å²) < 4.78 is 1.35. The van der Waals surface area contributed by atoms with Crippen LogP contribution in [0.15, 0.2) is 18.5 Å². The number of carbonyl (C=O) groups is 1. The molecule has 0 radical (unpaired) electrons. The maximum absolute atomic E-state index is 11.2. The lowest BCUT2D eigenvalue weighted by atomic mass is 10.0. The van der Waals surface area contributed by atoms with Gasteiger partial charge < -0.3 is 10.0 Å². The molecule has 10 nitrogen and oxygen atoms in total. The van der Waals surface area contributed by atoms with Crippen LogP contribution in [-0.2, 0) is 0 Å². The Balaban J connectivity index is 1.86. The van der Waals surface area contributed by atoms with Gasteiger partial charge in [0, 0.05) is 12.2 Å². The summed E-state index contributed by atoms with van der Waals surface area (Å²) in [6.07, 6.45) is 8.21. The number of aromatic nitrogens is 4. The molecule has 0 unspecified atom stereocenters. The van der Waals surface area contributed by atoms with E-state index in [1.54, 1.807) is 18.0 Å². The third-order valence-electron chi connectivity index (χ3n) is 5.57. The zero-order valence-electron chi connectivity index (χ0n) is 16.5. The lowest BCUT2D eigenvalue weighted by Gasteiger charge is -2.45. The molecule has 1 aliphatic carbocycles. The minimum atomic E-state index is -1.11. The predicted octanol–water partition coefficient (Wildman–Crippen LogP) is 2.68. The molecule has 0 spiro atoms. The quantitative estimate of drug-likeness (QED) is 0.534. The molecule has 0 aromatic carbocycles. The van der Waals surface area contributed by atoms with Gasteiger partial charge in [-0.15, -0.1) is 0 Å². The van der Waals surface area contributed by atoms with Gasteiger partial charge in [-0.2, -0.15) is 10.1 Å². The highest BCUT2D eigenvalue weighted by molar-refractivity contribution is 6.21. The van der Waals surface area contributed by atoms with E-state index < -0.39 is 5.97 Å². The number of carboxylic acid groups (broad SMARTS) is 1. The van der Waals surface area contributed by atoms with Gasteiger partial charge in [0.1, 0.15) is 17.4 Å². The summed E-state index contributed by atoms with van der Waals surface area (Å²) in [5, 5.41) is 30.1. The number of aromatic carboxylic acids is 1. The van der Waals surface area contributed by atoms with Gasteiger partial charge in [0.05, 0.1) is 12.2 Å². The minimum absolute atomic E-state index is 0.0795. The Labute approximate surface area is 168 Å². The minimum Gasteiger partial charge on any atom is -0.476 e. The molecule has 0 amide bonds. The van der Waals surface area contributed by atoms with E-state index in [1.807, 2.05) is 6.92 Å². The van der Waals surface area contributed by atoms with Crippen molar-refractivity contribution < 1.29 is 9.90 Å². The Morgan fingerprint density at radius 2 is 2.07 bits per heavy atom. The van der Waals surface area contributed by atoms with Crippen LogP contribution in [0.25, 0.3) is 5.95 Å². The van der Waals surface area contributed by atoms with Crippen molar-refractivity contribution in [2.75, 3.05) is 9.80 Å². The SMILES string of the molecule is CC[C@@H]1C(=N)N(C(C)=N)c2cnc(-n3ccc(C(=O)O)n3)nc2N1C1CCCC1. The van der Waals surface area contributed by atoms with Crippen molar-refractivity contribution in [3.05, 3.63) is 24.2 Å². The Bertz CT molecular complexity index is 978. The second-order valence-electron chi connectivity index (χ2n) is 7.41. The monoisotopic (exact) mass is 396 g/mol. The van der Waals surface area contributed by atoms with Gasteiger partial charge in [-0.05, 0) is 32.3 Å². The summed E-state index contributed by atoms with van der Waals surface area (Å²) in [5.74, 6) is 0.431. The number of rotatable bonds is 4. The maximum atomic E-state index is 11.2. The molecule has 2 aromatic heterocycles. The van der Waals surface area contributed by atoms with Crippen molar-refractivity contribution in [3.63, 3.8) is 0 Å². The van der Waals surface area contributed by atoms with Gasteiger partial charge in [0.2, 0.25) is 0 Å². The first-order valence-electron chi connectivity index (χ1n) is 9.80. The summed E-state index contributed by atoms with van der Waals surface area (Å²) >= 11 is 0. The van der Waals surface area contributed by atoms with Crippen molar-refractivity contribution in [1.29, 1.82) is 10.8 Å². The number of nitrogens with one attached hydrogen (secondary N) is 2. The molecule has 10 heteroatoms. The fourth-order valence-electron chi connectivity index (χ4n) is 4.28. The van der Waals surface area contributed by atoms with Crippen LogP contribution in [0.3, 0.4) is 0 Å². The maximum Gasteiger partial charge on any atom is 0.356 e. The first-order valence-corrected chi connectivity index (χ1v) is 9.80. The topological polar surface area (TPSA) is 135 Å². The fraction of sp³-hybridized carbons (Fsp3) is 0.474. The van der Waals surface area contributed by atoms with E-state index in [0.29, 0.717) is 17.3 Å². The molecule has 152 valence electrons. The molecule has 2 aliphatic rings. The Morgan fingerprint density at radius 3 is 2.66 bits per heavy atom. The van der Waals surface area contributed by atoms with Crippen LogP contribution in [0.1, 0.15) is 56.4 Å². The summed E-state index contributed by atoms with van der Waals surface area (Å²) in [5.41, 5.74) is 0.526. The lowest BCUT2D eigenvalue weighted by molar-refractivity contribution is 0.0690. The molecule has 0 bridgehead atoms. The van der Waals surface area contributed by atoms with Crippen molar-refractivity contribution in [2.45, 2.75) is 58.0 Å². The van der Waals surface area contributed by atoms with E-state index in [9.17, 15) is 4.79 Å². The fourth-order valence-corrected chi connectivity index (χ4v) is 4.28. The van der Waals surface area contributed by atoms with Crippen LogP contribution in [-0.4, -0.2) is 54.6 Å². The van der Waals surface area contributed by atoms with E-state index in [0.717, 1.165) is 32.1 Å². The molecule has 3 heterocycles. The third kappa shape index (κ3) is 3.14. The molecular weight excluding hydrogens is 372 g/mol. The first-order chi connectivity index (χ1) is 13.9. The summed E-state index contributed by atoms with van der Waals surface area (Å²) in [7, 11) is 0. The number of hydrogen-bond acceptors (Lipinski definition) is 7. The van der Waals surface area contributed by atoms with Gasteiger partial charge in [-0.3, -0.25) is 15.7 Å². The molecule has 1 saturated carbocycles. The van der Waals surface area contributed by atoms with Crippen LogP contribution in [0.4, 0.5) is 11.5 Å². The molecule has 1 atom stereocenters. The van der Waals surface area contributed by atoms with Gasteiger partial charge in [0.25, 0.3) is 5.95 Å². The number of nitrogens with zero attached hydrogens (tertiary/aromatic N) is 6. The third-order valence-corrected chi connectivity index (χ3v) is 5.57. The highest BCUT2D eigenvalue weighted by Gasteiger charge is 2.41. The van der Waals surface area contributed by atoms with E-state index in [-0.39, 0.29) is 29.6 Å². The molecule has 3 N–H and O–H groups in total. The Hall–Kier alpha value is -3.30. The number of hydrogen-bond donors (Lipinski definition) is 3. The zero-order valence-corrected chi connectivity index (χ0v) is 16.5. The molecule has 1 fully saturated rings. The Kier molecular flexibility index (Phi) is 4.77. The van der Waals surface area contributed by atoms with E-state index in [4.69, 9.17) is 20.9 Å². The number of amidine groups is 2. The normalized spacial score (nSPS) is 19.5. The van der Waals surface area contributed by atoms with Gasteiger partial charge in [0.15, 0.2) is 11.5 Å². The molecule has 0 saturated heterocycles. The van der Waals surface area contributed by atoms with Crippen LogP contribution < -0.4 is 9.80 Å². The average molecular weight is 396 g/mol. The van der Waals surface area contributed by atoms with Crippen LogP contribution in [0.5, 0.6) is 0 Å². The zero-order chi connectivity index (χ0) is 20.7. The second-order valence-corrected chi connectivity index (χ2v) is 7.41.